The van der Waals surface area contributed by atoms with Gasteiger partial charge in [0.2, 0.25) is 5.95 Å². The summed E-state index contributed by atoms with van der Waals surface area (Å²) in [4.78, 5) is 8.35. The van der Waals surface area contributed by atoms with Gasteiger partial charge in [-0.3, -0.25) is 0 Å². The first-order valence-corrected chi connectivity index (χ1v) is 7.07. The summed E-state index contributed by atoms with van der Waals surface area (Å²) in [6.45, 7) is 0.923. The van der Waals surface area contributed by atoms with Crippen LogP contribution in [0.5, 0.6) is 0 Å². The number of hydrogen-bond donors (Lipinski definition) is 2. The molecule has 1 aromatic heterocycles. The number of nitrogen functional groups attached to an aromatic ring is 1. The Morgan fingerprint density at radius 2 is 2.12 bits per heavy atom. The van der Waals surface area contributed by atoms with E-state index >= 15 is 0 Å². The van der Waals surface area contributed by atoms with Crippen LogP contribution in [0.1, 0.15) is 38.5 Å². The molecule has 1 fully saturated rings. The van der Waals surface area contributed by atoms with Crippen molar-refractivity contribution in [3.63, 3.8) is 0 Å². The molecule has 0 unspecified atom stereocenters. The van der Waals surface area contributed by atoms with Crippen LogP contribution in [0.2, 0.25) is 0 Å². The second-order valence-electron chi connectivity index (χ2n) is 4.66. The Morgan fingerprint density at radius 3 is 2.82 bits per heavy atom. The Kier molecular flexibility index (Phi) is 4.59. The lowest BCUT2D eigenvalue weighted by molar-refractivity contribution is 0.491. The summed E-state index contributed by atoms with van der Waals surface area (Å²) in [7, 11) is 0. The van der Waals surface area contributed by atoms with Gasteiger partial charge in [-0.25, -0.2) is 4.98 Å². The number of rotatable bonds is 5. The monoisotopic (exact) mass is 298 g/mol. The van der Waals surface area contributed by atoms with E-state index in [1.807, 2.05) is 0 Å². The van der Waals surface area contributed by atoms with E-state index in [1.165, 1.54) is 38.5 Å². The number of nitrogens with two attached hydrogens (primary N) is 1. The second-order valence-corrected chi connectivity index (χ2v) is 5.47. The predicted molar refractivity (Wildman–Crippen MR) is 73.8 cm³/mol. The van der Waals surface area contributed by atoms with Crippen LogP contribution in [0, 0.1) is 5.92 Å². The Morgan fingerprint density at radius 1 is 1.35 bits per heavy atom. The lowest BCUT2D eigenvalue weighted by atomic mass is 10.0. The van der Waals surface area contributed by atoms with Crippen molar-refractivity contribution in [2.75, 3.05) is 17.6 Å². The van der Waals surface area contributed by atoms with Gasteiger partial charge in [0, 0.05) is 12.6 Å². The van der Waals surface area contributed by atoms with Crippen LogP contribution in [0.25, 0.3) is 0 Å². The number of hydrogen-bond acceptors (Lipinski definition) is 4. The smallest absolute Gasteiger partial charge is 0.225 e. The normalized spacial score (nSPS) is 16.3. The Hall–Kier alpha value is -0.840. The highest BCUT2D eigenvalue weighted by molar-refractivity contribution is 9.10. The van der Waals surface area contributed by atoms with Crippen LogP contribution < -0.4 is 11.1 Å². The van der Waals surface area contributed by atoms with Gasteiger partial charge < -0.3 is 11.1 Å². The molecule has 0 amide bonds. The third-order valence-electron chi connectivity index (χ3n) is 3.26. The minimum absolute atomic E-state index is 0.491. The molecule has 17 heavy (non-hydrogen) atoms. The zero-order valence-corrected chi connectivity index (χ0v) is 11.5. The van der Waals surface area contributed by atoms with Gasteiger partial charge in [0.05, 0.1) is 0 Å². The van der Waals surface area contributed by atoms with Crippen LogP contribution in [0.4, 0.5) is 11.8 Å². The maximum absolute atomic E-state index is 5.64. The highest BCUT2D eigenvalue weighted by Gasteiger charge is 2.13. The SMILES string of the molecule is Nc1cc(Br)nc(NCCCC2CCCC2)n1. The molecule has 1 aliphatic rings. The fourth-order valence-corrected chi connectivity index (χ4v) is 2.81. The van der Waals surface area contributed by atoms with Gasteiger partial charge in [0.25, 0.3) is 0 Å². The molecule has 3 N–H and O–H groups in total. The quantitative estimate of drug-likeness (QED) is 0.647. The van der Waals surface area contributed by atoms with Crippen LogP contribution in [-0.4, -0.2) is 16.5 Å². The number of nitrogens with zero attached hydrogens (tertiary/aromatic N) is 2. The molecule has 0 spiro atoms. The molecule has 2 rings (SSSR count). The first-order chi connectivity index (χ1) is 8.24. The molecule has 94 valence electrons. The van der Waals surface area contributed by atoms with Crippen LogP contribution in [0.3, 0.4) is 0 Å². The second kappa shape index (κ2) is 6.19. The molecule has 0 atom stereocenters. The van der Waals surface area contributed by atoms with Gasteiger partial charge in [0.15, 0.2) is 0 Å². The topological polar surface area (TPSA) is 63.8 Å². The van der Waals surface area contributed by atoms with Crippen molar-refractivity contribution in [2.45, 2.75) is 38.5 Å². The van der Waals surface area contributed by atoms with Gasteiger partial charge >= 0.3 is 0 Å². The summed E-state index contributed by atoms with van der Waals surface area (Å²) in [5, 5.41) is 3.22. The average Bonchev–Trinajstić information content (AvgIpc) is 2.76. The average molecular weight is 299 g/mol. The lowest BCUT2D eigenvalue weighted by Gasteiger charge is -2.09. The molecule has 5 heteroatoms. The molecule has 1 aromatic rings. The van der Waals surface area contributed by atoms with E-state index in [0.717, 1.165) is 17.1 Å². The first-order valence-electron chi connectivity index (χ1n) is 6.28. The van der Waals surface area contributed by atoms with E-state index in [2.05, 4.69) is 31.2 Å². The first kappa shape index (κ1) is 12.6. The third kappa shape index (κ3) is 4.15. The van der Waals surface area contributed by atoms with E-state index < -0.39 is 0 Å². The van der Waals surface area contributed by atoms with Crippen molar-refractivity contribution < 1.29 is 0 Å². The number of anilines is 2. The van der Waals surface area contributed by atoms with Crippen LogP contribution in [0.15, 0.2) is 10.7 Å². The number of halogens is 1. The maximum atomic E-state index is 5.64. The minimum Gasteiger partial charge on any atom is -0.383 e. The summed E-state index contributed by atoms with van der Waals surface area (Å²) in [5.41, 5.74) is 5.64. The largest absolute Gasteiger partial charge is 0.383 e. The van der Waals surface area contributed by atoms with E-state index in [9.17, 15) is 0 Å². The van der Waals surface area contributed by atoms with Crippen molar-refractivity contribution in [1.82, 2.24) is 9.97 Å². The summed E-state index contributed by atoms with van der Waals surface area (Å²) in [6.07, 6.45) is 8.17. The van der Waals surface area contributed by atoms with E-state index in [1.54, 1.807) is 6.07 Å². The van der Waals surface area contributed by atoms with Gasteiger partial charge in [-0.1, -0.05) is 25.7 Å². The van der Waals surface area contributed by atoms with Gasteiger partial charge in [-0.05, 0) is 34.7 Å². The van der Waals surface area contributed by atoms with Crippen molar-refractivity contribution in [2.24, 2.45) is 5.92 Å². The predicted octanol–water partition coefficient (Wildman–Crippen LogP) is 3.20. The fraction of sp³-hybridized carbons (Fsp3) is 0.667. The molecule has 0 aromatic carbocycles. The minimum atomic E-state index is 0.491. The summed E-state index contributed by atoms with van der Waals surface area (Å²) >= 11 is 3.30. The molecule has 0 radical (unpaired) electrons. The maximum Gasteiger partial charge on any atom is 0.225 e. The Balaban J connectivity index is 1.70. The van der Waals surface area contributed by atoms with E-state index in [4.69, 9.17) is 5.73 Å². The van der Waals surface area contributed by atoms with Crippen molar-refractivity contribution in [1.29, 1.82) is 0 Å². The third-order valence-corrected chi connectivity index (χ3v) is 3.67. The Bertz CT molecular complexity index is 343. The van der Waals surface area contributed by atoms with Crippen LogP contribution in [-0.2, 0) is 0 Å². The number of aromatic nitrogens is 2. The highest BCUT2D eigenvalue weighted by atomic mass is 79.9. The van der Waals surface area contributed by atoms with Gasteiger partial charge in [-0.15, -0.1) is 0 Å². The van der Waals surface area contributed by atoms with Gasteiger partial charge in [-0.2, -0.15) is 4.98 Å². The highest BCUT2D eigenvalue weighted by Crippen LogP contribution is 2.28. The molecule has 0 saturated heterocycles. The molecule has 0 aliphatic heterocycles. The lowest BCUT2D eigenvalue weighted by Crippen LogP contribution is -2.08. The Labute approximate surface area is 111 Å². The van der Waals surface area contributed by atoms with Crippen LogP contribution >= 0.6 is 15.9 Å². The number of nitrogens with one attached hydrogen (secondary N) is 1. The molecular weight excluding hydrogens is 280 g/mol. The summed E-state index contributed by atoms with van der Waals surface area (Å²) < 4.78 is 0.725. The summed E-state index contributed by atoms with van der Waals surface area (Å²) in [5.74, 6) is 2.05. The van der Waals surface area contributed by atoms with E-state index in [0.29, 0.717) is 11.8 Å². The zero-order valence-electron chi connectivity index (χ0n) is 9.95. The molecular formula is C12H19BrN4. The van der Waals surface area contributed by atoms with Gasteiger partial charge in [0.1, 0.15) is 10.4 Å². The molecule has 0 bridgehead atoms. The summed E-state index contributed by atoms with van der Waals surface area (Å²) in [6, 6.07) is 1.70. The van der Waals surface area contributed by atoms with E-state index in [-0.39, 0.29) is 0 Å². The van der Waals surface area contributed by atoms with Crippen molar-refractivity contribution in [3.8, 4) is 0 Å². The van der Waals surface area contributed by atoms with Crippen molar-refractivity contribution in [3.05, 3.63) is 10.7 Å². The fourth-order valence-electron chi connectivity index (χ4n) is 2.40. The zero-order chi connectivity index (χ0) is 12.1. The molecule has 1 saturated carbocycles. The molecule has 1 aliphatic carbocycles. The molecule has 4 nitrogen and oxygen atoms in total. The standard InChI is InChI=1S/C12H19BrN4/c13-10-8-11(14)17-12(16-10)15-7-3-6-9-4-1-2-5-9/h8-9H,1-7H2,(H3,14,15,16,17). The molecule has 1 heterocycles. The van der Waals surface area contributed by atoms with Crippen molar-refractivity contribution >= 4 is 27.7 Å².